The number of H-pyrrole nitrogens is 1. The highest BCUT2D eigenvalue weighted by Crippen LogP contribution is 2.32. The second-order valence-electron chi connectivity index (χ2n) is 7.25. The Morgan fingerprint density at radius 1 is 1.27 bits per heavy atom. The predicted molar refractivity (Wildman–Crippen MR) is 120 cm³/mol. The van der Waals surface area contributed by atoms with E-state index in [-0.39, 0.29) is 22.4 Å². The molecule has 0 saturated heterocycles. The quantitative estimate of drug-likeness (QED) is 0.555. The second kappa shape index (κ2) is 9.22. The van der Waals surface area contributed by atoms with Crippen LogP contribution in [0.5, 0.6) is 0 Å². The van der Waals surface area contributed by atoms with Crippen molar-refractivity contribution in [3.63, 3.8) is 0 Å². The third-order valence-electron chi connectivity index (χ3n) is 4.97. The lowest BCUT2D eigenvalue weighted by Gasteiger charge is -2.24. The van der Waals surface area contributed by atoms with Gasteiger partial charge in [-0.2, -0.15) is 0 Å². The van der Waals surface area contributed by atoms with Crippen LogP contribution in [0, 0.1) is 6.92 Å². The number of likely N-dealkylation sites (N-methyl/N-ethyl adjacent to an activating group) is 1. The topological polar surface area (TPSA) is 95.2 Å². The van der Waals surface area contributed by atoms with Gasteiger partial charge in [0.25, 0.3) is 5.56 Å². The summed E-state index contributed by atoms with van der Waals surface area (Å²) in [5.41, 5.74) is 3.08. The minimum absolute atomic E-state index is 0.102. The zero-order valence-electron chi connectivity index (χ0n) is 17.5. The lowest BCUT2D eigenvalue weighted by Crippen LogP contribution is -2.34. The van der Waals surface area contributed by atoms with Gasteiger partial charge in [0.05, 0.1) is 0 Å². The summed E-state index contributed by atoms with van der Waals surface area (Å²) in [6, 6.07) is 8.86. The van der Waals surface area contributed by atoms with Crippen molar-refractivity contribution < 1.29 is 8.42 Å². The third-order valence-corrected chi connectivity index (χ3v) is 8.00. The van der Waals surface area contributed by atoms with Crippen molar-refractivity contribution >= 4 is 21.4 Å². The summed E-state index contributed by atoms with van der Waals surface area (Å²) in [5.74, 6) is 0. The van der Waals surface area contributed by atoms with E-state index in [2.05, 4.69) is 14.7 Å². The van der Waals surface area contributed by atoms with Crippen LogP contribution in [0.15, 0.2) is 51.7 Å². The summed E-state index contributed by atoms with van der Waals surface area (Å²) in [4.78, 5) is 21.7. The third kappa shape index (κ3) is 4.86. The predicted octanol–water partition coefficient (Wildman–Crippen LogP) is 2.95. The van der Waals surface area contributed by atoms with Gasteiger partial charge in [-0.15, -0.1) is 11.3 Å². The van der Waals surface area contributed by atoms with E-state index >= 15 is 0 Å². The van der Waals surface area contributed by atoms with Crippen LogP contribution in [0.4, 0.5) is 0 Å². The van der Waals surface area contributed by atoms with Crippen LogP contribution < -0.4 is 10.3 Å². The minimum atomic E-state index is -3.67. The Labute approximate surface area is 180 Å². The molecule has 7 nitrogen and oxygen atoms in total. The molecule has 0 bridgehead atoms. The Hall–Kier alpha value is -2.33. The van der Waals surface area contributed by atoms with Gasteiger partial charge in [-0.3, -0.25) is 9.78 Å². The maximum absolute atomic E-state index is 12.9. The van der Waals surface area contributed by atoms with E-state index < -0.39 is 10.0 Å². The van der Waals surface area contributed by atoms with Crippen LogP contribution in [0.3, 0.4) is 0 Å². The van der Waals surface area contributed by atoms with Crippen molar-refractivity contribution in [2.75, 3.05) is 20.6 Å². The molecule has 1 atom stereocenters. The van der Waals surface area contributed by atoms with Gasteiger partial charge in [0.15, 0.2) is 0 Å². The Morgan fingerprint density at radius 3 is 2.67 bits per heavy atom. The number of aromatic amines is 1. The molecule has 9 heteroatoms. The first-order valence-electron chi connectivity index (χ1n) is 9.62. The van der Waals surface area contributed by atoms with Crippen molar-refractivity contribution in [3.05, 3.63) is 69.9 Å². The summed E-state index contributed by atoms with van der Waals surface area (Å²) in [7, 11) is 0.133. The molecule has 3 heterocycles. The first-order valence-corrected chi connectivity index (χ1v) is 11.9. The fourth-order valence-electron chi connectivity index (χ4n) is 3.23. The van der Waals surface area contributed by atoms with Crippen molar-refractivity contribution in [2.24, 2.45) is 0 Å². The van der Waals surface area contributed by atoms with Crippen LogP contribution in [0.1, 0.15) is 29.8 Å². The van der Waals surface area contributed by atoms with Crippen LogP contribution in [-0.2, 0) is 16.4 Å². The van der Waals surface area contributed by atoms with Crippen molar-refractivity contribution in [1.29, 1.82) is 0 Å². The maximum Gasteiger partial charge on any atom is 0.251 e. The molecule has 0 amide bonds. The second-order valence-corrected chi connectivity index (χ2v) is 10.3. The Balaban J connectivity index is 1.83. The number of rotatable bonds is 8. The number of pyridine rings is 2. The van der Waals surface area contributed by atoms with Crippen molar-refractivity contribution in [1.82, 2.24) is 19.6 Å². The summed E-state index contributed by atoms with van der Waals surface area (Å²) < 4.78 is 28.8. The van der Waals surface area contributed by atoms with Crippen LogP contribution >= 0.6 is 11.3 Å². The number of aryl methyl sites for hydroxylation is 2. The van der Waals surface area contributed by atoms with E-state index in [1.807, 2.05) is 51.0 Å². The molecule has 1 unspecified atom stereocenters. The van der Waals surface area contributed by atoms with Gasteiger partial charge in [0.2, 0.25) is 10.0 Å². The van der Waals surface area contributed by atoms with Crippen LogP contribution in [-0.4, -0.2) is 43.9 Å². The van der Waals surface area contributed by atoms with Gasteiger partial charge in [-0.05, 0) is 57.3 Å². The minimum Gasteiger partial charge on any atom is -0.326 e. The average Bonchev–Trinajstić information content (AvgIpc) is 3.20. The molecule has 0 aromatic carbocycles. The summed E-state index contributed by atoms with van der Waals surface area (Å²) in [6.45, 7) is 3.96. The number of thiophene rings is 1. The zero-order chi connectivity index (χ0) is 21.9. The zero-order valence-corrected chi connectivity index (χ0v) is 19.1. The van der Waals surface area contributed by atoms with Crippen molar-refractivity contribution in [3.8, 4) is 10.4 Å². The molecule has 2 N–H and O–H groups in total. The molecule has 0 aliphatic carbocycles. The van der Waals surface area contributed by atoms with Gasteiger partial charge >= 0.3 is 0 Å². The van der Waals surface area contributed by atoms with E-state index in [9.17, 15) is 13.2 Å². The molecule has 30 heavy (non-hydrogen) atoms. The number of aromatic nitrogens is 2. The summed E-state index contributed by atoms with van der Waals surface area (Å²) in [6.07, 6.45) is 4.05. The molecular formula is C21H26N4O3S2. The highest BCUT2D eigenvalue weighted by atomic mass is 32.2. The molecule has 0 radical (unpaired) electrons. The summed E-state index contributed by atoms with van der Waals surface area (Å²) in [5, 5.41) is 0. The highest BCUT2D eigenvalue weighted by Gasteiger charge is 2.22. The van der Waals surface area contributed by atoms with E-state index in [1.54, 1.807) is 24.5 Å². The molecular weight excluding hydrogens is 420 g/mol. The number of hydrogen-bond donors (Lipinski definition) is 2. The average molecular weight is 447 g/mol. The van der Waals surface area contributed by atoms with Gasteiger partial charge in [0, 0.05) is 46.7 Å². The van der Waals surface area contributed by atoms with E-state index in [1.165, 1.54) is 11.3 Å². The fraction of sp³-hybridized carbons (Fsp3) is 0.333. The SMILES string of the molecule is CCc1cc(-c2ccc(S(=O)(=O)NCC(c3cccnc3)N(C)C)s2)c(C)[nH]c1=O. The normalized spacial score (nSPS) is 13.0. The molecule has 0 fully saturated rings. The molecule has 0 aliphatic heterocycles. The van der Waals surface area contributed by atoms with Gasteiger partial charge < -0.3 is 9.88 Å². The molecule has 3 aromatic heterocycles. The van der Waals surface area contributed by atoms with E-state index in [4.69, 9.17) is 0 Å². The lowest BCUT2D eigenvalue weighted by molar-refractivity contribution is 0.299. The van der Waals surface area contributed by atoms with Crippen LogP contribution in [0.2, 0.25) is 0 Å². The van der Waals surface area contributed by atoms with Gasteiger partial charge in [0.1, 0.15) is 4.21 Å². The Morgan fingerprint density at radius 2 is 2.03 bits per heavy atom. The number of sulfonamides is 1. The molecule has 160 valence electrons. The molecule has 0 aliphatic rings. The lowest BCUT2D eigenvalue weighted by atomic mass is 10.1. The number of nitrogens with zero attached hydrogens (tertiary/aromatic N) is 2. The largest absolute Gasteiger partial charge is 0.326 e. The first kappa shape index (κ1) is 22.4. The fourth-order valence-corrected chi connectivity index (χ4v) is 5.69. The smallest absolute Gasteiger partial charge is 0.251 e. The molecule has 3 aromatic rings. The number of nitrogens with one attached hydrogen (secondary N) is 2. The van der Waals surface area contributed by atoms with Gasteiger partial charge in [-0.1, -0.05) is 13.0 Å². The Kier molecular flexibility index (Phi) is 6.87. The van der Waals surface area contributed by atoms with E-state index in [0.717, 1.165) is 21.7 Å². The molecule has 0 spiro atoms. The van der Waals surface area contributed by atoms with Gasteiger partial charge in [-0.25, -0.2) is 13.1 Å². The number of hydrogen-bond acceptors (Lipinski definition) is 6. The standard InChI is InChI=1S/C21H26N4O3S2/c1-5-15-11-17(14(2)24-21(15)26)19-8-9-20(29-19)30(27,28)23-13-18(25(3)4)16-7-6-10-22-12-16/h6-12,18,23H,5,13H2,1-4H3,(H,24,26). The van der Waals surface area contributed by atoms with E-state index in [0.29, 0.717) is 12.0 Å². The van der Waals surface area contributed by atoms with Crippen LogP contribution in [0.25, 0.3) is 10.4 Å². The molecule has 3 rings (SSSR count). The summed E-state index contributed by atoms with van der Waals surface area (Å²) >= 11 is 1.19. The first-order chi connectivity index (χ1) is 14.2. The monoisotopic (exact) mass is 446 g/mol. The highest BCUT2D eigenvalue weighted by molar-refractivity contribution is 7.91. The van der Waals surface area contributed by atoms with Crippen molar-refractivity contribution in [2.45, 2.75) is 30.5 Å². The molecule has 0 saturated carbocycles. The Bertz CT molecular complexity index is 1170. The maximum atomic E-state index is 12.9.